The Balaban J connectivity index is 1.80. The number of nitro benzene ring substituents is 1. The molecule has 1 N–H and O–H groups in total. The molecule has 1 heterocycles. The number of nitro groups is 1. The molecule has 0 atom stereocenters. The molecular formula is C21H18ClN3O6S. The van der Waals surface area contributed by atoms with Gasteiger partial charge in [-0.15, -0.1) is 0 Å². The van der Waals surface area contributed by atoms with E-state index in [9.17, 15) is 19.7 Å². The van der Waals surface area contributed by atoms with Crippen molar-refractivity contribution in [3.63, 3.8) is 0 Å². The highest BCUT2D eigenvalue weighted by Gasteiger charge is 2.23. The molecule has 0 unspecified atom stereocenters. The molecule has 0 bridgehead atoms. The zero-order valence-electron chi connectivity index (χ0n) is 17.1. The van der Waals surface area contributed by atoms with Crippen LogP contribution in [-0.4, -0.2) is 28.5 Å². The zero-order chi connectivity index (χ0) is 23.3. The Labute approximate surface area is 192 Å². The summed E-state index contributed by atoms with van der Waals surface area (Å²) in [5.74, 6) is -0.0883. The highest BCUT2D eigenvalue weighted by molar-refractivity contribution is 8.18. The van der Waals surface area contributed by atoms with Crippen LogP contribution >= 0.6 is 23.4 Å². The van der Waals surface area contributed by atoms with Gasteiger partial charge >= 0.3 is 0 Å². The average molecular weight is 476 g/mol. The van der Waals surface area contributed by atoms with Crippen LogP contribution in [0.15, 0.2) is 46.3 Å². The van der Waals surface area contributed by atoms with E-state index in [0.717, 1.165) is 17.3 Å². The maximum absolute atomic E-state index is 12.1. The van der Waals surface area contributed by atoms with Crippen LogP contribution in [0, 0.1) is 10.1 Å². The SMILES string of the molecule is CCOc1cc(/C=C2/SC(NC(C)=O)=NC2=O)cc(Cl)c1OCc1ccc([N+](=O)[O-])cc1. The first-order chi connectivity index (χ1) is 15.3. The van der Waals surface area contributed by atoms with Gasteiger partial charge in [-0.25, -0.2) is 0 Å². The maximum atomic E-state index is 12.1. The molecule has 3 rings (SSSR count). The summed E-state index contributed by atoms with van der Waals surface area (Å²) in [5.41, 5.74) is 1.30. The highest BCUT2D eigenvalue weighted by atomic mass is 35.5. The lowest BCUT2D eigenvalue weighted by molar-refractivity contribution is -0.384. The highest BCUT2D eigenvalue weighted by Crippen LogP contribution is 2.39. The van der Waals surface area contributed by atoms with E-state index in [2.05, 4.69) is 10.3 Å². The summed E-state index contributed by atoms with van der Waals surface area (Å²) < 4.78 is 11.5. The summed E-state index contributed by atoms with van der Waals surface area (Å²) in [6.45, 7) is 3.62. The molecule has 0 radical (unpaired) electrons. The molecule has 2 aromatic carbocycles. The standard InChI is InChI=1S/C21H18ClN3O6S/c1-3-30-17-9-14(10-18-20(27)24-21(32-18)23-12(2)26)8-16(22)19(17)31-11-13-4-6-15(7-5-13)25(28)29/h4-10H,3,11H2,1-2H3,(H,23,24,26,27)/b18-10+. The largest absolute Gasteiger partial charge is 0.490 e. The monoisotopic (exact) mass is 475 g/mol. The third-order valence-electron chi connectivity index (χ3n) is 4.06. The summed E-state index contributed by atoms with van der Waals surface area (Å²) in [7, 11) is 0. The Morgan fingerprint density at radius 1 is 1.28 bits per heavy atom. The molecule has 1 aliphatic heterocycles. The number of rotatable bonds is 7. The minimum atomic E-state index is -0.473. The molecule has 0 saturated carbocycles. The second-order valence-corrected chi connectivity index (χ2v) is 7.93. The minimum absolute atomic E-state index is 0.0100. The first kappa shape index (κ1) is 23.3. The quantitative estimate of drug-likeness (QED) is 0.359. The number of carbonyl (C=O) groups is 2. The van der Waals surface area contributed by atoms with Gasteiger partial charge in [-0.3, -0.25) is 19.7 Å². The molecule has 32 heavy (non-hydrogen) atoms. The van der Waals surface area contributed by atoms with E-state index < -0.39 is 10.8 Å². The molecule has 0 spiro atoms. The lowest BCUT2D eigenvalue weighted by Gasteiger charge is -2.14. The number of thioether (sulfide) groups is 1. The van der Waals surface area contributed by atoms with Gasteiger partial charge in [0, 0.05) is 19.1 Å². The Hall–Kier alpha value is -3.37. The van der Waals surface area contributed by atoms with Gasteiger partial charge in [0.05, 0.1) is 21.5 Å². The van der Waals surface area contributed by atoms with Gasteiger partial charge in [0.15, 0.2) is 16.7 Å². The fourth-order valence-corrected chi connectivity index (χ4v) is 3.84. The number of nitrogens with zero attached hydrogens (tertiary/aromatic N) is 2. The topological polar surface area (TPSA) is 120 Å². The van der Waals surface area contributed by atoms with E-state index in [4.69, 9.17) is 21.1 Å². The van der Waals surface area contributed by atoms with Crippen LogP contribution in [0.1, 0.15) is 25.0 Å². The number of hydrogen-bond donors (Lipinski definition) is 1. The fourth-order valence-electron chi connectivity index (χ4n) is 2.71. The summed E-state index contributed by atoms with van der Waals surface area (Å²) in [4.78, 5) is 37.7. The van der Waals surface area contributed by atoms with Crippen LogP contribution in [-0.2, 0) is 16.2 Å². The van der Waals surface area contributed by atoms with Crippen molar-refractivity contribution in [2.24, 2.45) is 4.99 Å². The van der Waals surface area contributed by atoms with E-state index >= 15 is 0 Å². The first-order valence-electron chi connectivity index (χ1n) is 9.39. The van der Waals surface area contributed by atoms with Gasteiger partial charge < -0.3 is 14.8 Å². The lowest BCUT2D eigenvalue weighted by Crippen LogP contribution is -2.23. The molecule has 1 aliphatic rings. The Morgan fingerprint density at radius 2 is 2.00 bits per heavy atom. The van der Waals surface area contributed by atoms with Crippen molar-refractivity contribution in [1.29, 1.82) is 0 Å². The number of nitrogens with one attached hydrogen (secondary N) is 1. The molecule has 11 heteroatoms. The number of aliphatic imine (C=N–C) groups is 1. The number of amides is 2. The Bertz CT molecular complexity index is 1130. The Kier molecular flexibility index (Phi) is 7.49. The number of halogens is 1. The van der Waals surface area contributed by atoms with Gasteiger partial charge in [-0.2, -0.15) is 4.99 Å². The van der Waals surface area contributed by atoms with Crippen LogP contribution in [0.5, 0.6) is 11.5 Å². The van der Waals surface area contributed by atoms with E-state index in [1.54, 1.807) is 30.3 Å². The van der Waals surface area contributed by atoms with Gasteiger partial charge in [-0.1, -0.05) is 11.6 Å². The van der Waals surface area contributed by atoms with Crippen molar-refractivity contribution in [3.8, 4) is 11.5 Å². The van der Waals surface area contributed by atoms with Crippen LogP contribution < -0.4 is 14.8 Å². The van der Waals surface area contributed by atoms with E-state index in [0.29, 0.717) is 28.6 Å². The van der Waals surface area contributed by atoms with Crippen LogP contribution in [0.4, 0.5) is 5.69 Å². The van der Waals surface area contributed by atoms with Crippen LogP contribution in [0.25, 0.3) is 6.08 Å². The van der Waals surface area contributed by atoms with Crippen molar-refractivity contribution in [2.45, 2.75) is 20.5 Å². The van der Waals surface area contributed by atoms with Crippen molar-refractivity contribution in [3.05, 3.63) is 67.6 Å². The number of amidine groups is 1. The number of carbonyl (C=O) groups excluding carboxylic acids is 2. The predicted octanol–water partition coefficient (Wildman–Crippen LogP) is 4.33. The second kappa shape index (κ2) is 10.3. The molecule has 2 amide bonds. The van der Waals surface area contributed by atoms with Gasteiger partial charge in [0.25, 0.3) is 11.6 Å². The summed E-state index contributed by atoms with van der Waals surface area (Å²) in [6.07, 6.45) is 1.60. The first-order valence-corrected chi connectivity index (χ1v) is 10.6. The number of ether oxygens (including phenoxy) is 2. The van der Waals surface area contributed by atoms with Crippen LogP contribution in [0.2, 0.25) is 5.02 Å². The average Bonchev–Trinajstić information content (AvgIpc) is 3.05. The van der Waals surface area contributed by atoms with Gasteiger partial charge in [0.2, 0.25) is 5.91 Å². The van der Waals surface area contributed by atoms with Crippen LogP contribution in [0.3, 0.4) is 0 Å². The molecule has 0 aliphatic carbocycles. The third-order valence-corrected chi connectivity index (χ3v) is 5.24. The van der Waals surface area contributed by atoms with E-state index in [1.807, 2.05) is 6.92 Å². The molecule has 0 saturated heterocycles. The second-order valence-electron chi connectivity index (χ2n) is 6.49. The number of non-ortho nitro benzene ring substituents is 1. The molecule has 166 valence electrons. The molecule has 0 aromatic heterocycles. The van der Waals surface area contributed by atoms with Crippen molar-refractivity contribution < 1.29 is 24.0 Å². The van der Waals surface area contributed by atoms with E-state index in [-0.39, 0.29) is 28.4 Å². The summed E-state index contributed by atoms with van der Waals surface area (Å²) in [5, 5.41) is 13.8. The van der Waals surface area contributed by atoms with Crippen molar-refractivity contribution in [2.75, 3.05) is 6.61 Å². The summed E-state index contributed by atoms with van der Waals surface area (Å²) in [6, 6.07) is 9.28. The predicted molar refractivity (Wildman–Crippen MR) is 122 cm³/mol. The zero-order valence-corrected chi connectivity index (χ0v) is 18.7. The smallest absolute Gasteiger partial charge is 0.286 e. The lowest BCUT2D eigenvalue weighted by atomic mass is 10.1. The van der Waals surface area contributed by atoms with Crippen molar-refractivity contribution >= 4 is 52.1 Å². The normalized spacial score (nSPS) is 14.3. The fraction of sp³-hybridized carbons (Fsp3) is 0.190. The number of hydrogen-bond acceptors (Lipinski definition) is 7. The molecule has 0 fully saturated rings. The minimum Gasteiger partial charge on any atom is -0.490 e. The molecule has 2 aromatic rings. The Morgan fingerprint density at radius 3 is 2.62 bits per heavy atom. The van der Waals surface area contributed by atoms with Gasteiger partial charge in [0.1, 0.15) is 6.61 Å². The summed E-state index contributed by atoms with van der Waals surface area (Å²) >= 11 is 7.47. The third kappa shape index (κ3) is 5.86. The maximum Gasteiger partial charge on any atom is 0.286 e. The number of benzene rings is 2. The molecular weight excluding hydrogens is 458 g/mol. The molecule has 9 nitrogen and oxygen atoms in total. The van der Waals surface area contributed by atoms with E-state index in [1.165, 1.54) is 19.1 Å². The van der Waals surface area contributed by atoms with Gasteiger partial charge in [-0.05, 0) is 60.2 Å². The van der Waals surface area contributed by atoms with Crippen molar-refractivity contribution in [1.82, 2.24) is 5.32 Å².